The van der Waals surface area contributed by atoms with Gasteiger partial charge in [-0.15, -0.1) is 0 Å². The van der Waals surface area contributed by atoms with Crippen LogP contribution in [0, 0.1) is 5.92 Å². The molecule has 15 heavy (non-hydrogen) atoms. The average Bonchev–Trinajstić information content (AvgIpc) is 2.75. The number of hydrogen-bond acceptors (Lipinski definition) is 4. The quantitative estimate of drug-likeness (QED) is 0.724. The number of rotatable bonds is 6. The smallest absolute Gasteiger partial charge is 0.220 e. The third-order valence-corrected chi connectivity index (χ3v) is 2.34. The van der Waals surface area contributed by atoms with Crippen LogP contribution in [-0.2, 0) is 11.3 Å². The van der Waals surface area contributed by atoms with E-state index in [2.05, 4.69) is 15.0 Å². The summed E-state index contributed by atoms with van der Waals surface area (Å²) < 4.78 is 4.65. The second kappa shape index (κ2) is 6.19. The maximum absolute atomic E-state index is 11.4. The van der Waals surface area contributed by atoms with Crippen LogP contribution in [0.5, 0.6) is 0 Å². The minimum atomic E-state index is 0.00954. The SMILES string of the molecule is CCC(CN)CC(=O)NCc1ccon1. The first-order chi connectivity index (χ1) is 7.26. The van der Waals surface area contributed by atoms with Crippen LogP contribution >= 0.6 is 0 Å². The zero-order chi connectivity index (χ0) is 11.1. The van der Waals surface area contributed by atoms with Gasteiger partial charge in [0.05, 0.1) is 6.54 Å². The Morgan fingerprint density at radius 3 is 3.07 bits per heavy atom. The minimum Gasteiger partial charge on any atom is -0.364 e. The second-order valence-corrected chi connectivity index (χ2v) is 3.48. The highest BCUT2D eigenvalue weighted by atomic mass is 16.5. The highest BCUT2D eigenvalue weighted by Gasteiger charge is 2.10. The summed E-state index contributed by atoms with van der Waals surface area (Å²) >= 11 is 0. The minimum absolute atomic E-state index is 0.00954. The summed E-state index contributed by atoms with van der Waals surface area (Å²) in [5, 5.41) is 6.46. The number of hydrogen-bond donors (Lipinski definition) is 2. The molecule has 5 heteroatoms. The fourth-order valence-corrected chi connectivity index (χ4v) is 1.25. The maximum Gasteiger partial charge on any atom is 0.220 e. The van der Waals surface area contributed by atoms with Crippen molar-refractivity contribution < 1.29 is 9.32 Å². The van der Waals surface area contributed by atoms with E-state index in [0.717, 1.165) is 12.1 Å². The van der Waals surface area contributed by atoms with Gasteiger partial charge in [0.15, 0.2) is 0 Å². The predicted molar refractivity (Wildman–Crippen MR) is 55.8 cm³/mol. The van der Waals surface area contributed by atoms with Crippen LogP contribution in [-0.4, -0.2) is 17.6 Å². The molecular formula is C10H17N3O2. The summed E-state index contributed by atoms with van der Waals surface area (Å²) in [6, 6.07) is 1.72. The van der Waals surface area contributed by atoms with Gasteiger partial charge in [-0.25, -0.2) is 0 Å². The molecule has 1 heterocycles. The van der Waals surface area contributed by atoms with Crippen molar-refractivity contribution in [2.75, 3.05) is 6.54 Å². The molecule has 0 saturated carbocycles. The fraction of sp³-hybridized carbons (Fsp3) is 0.600. The van der Waals surface area contributed by atoms with Crippen LogP contribution in [0.4, 0.5) is 0 Å². The average molecular weight is 211 g/mol. The molecule has 3 N–H and O–H groups in total. The normalized spacial score (nSPS) is 12.4. The van der Waals surface area contributed by atoms with E-state index in [0.29, 0.717) is 19.5 Å². The van der Waals surface area contributed by atoms with Crippen molar-refractivity contribution in [2.24, 2.45) is 11.7 Å². The van der Waals surface area contributed by atoms with Gasteiger partial charge in [0.1, 0.15) is 12.0 Å². The Morgan fingerprint density at radius 1 is 1.73 bits per heavy atom. The molecule has 1 unspecified atom stereocenters. The molecule has 1 aromatic heterocycles. The predicted octanol–water partition coefficient (Wildman–Crippen LogP) is 0.666. The number of nitrogens with zero attached hydrogens (tertiary/aromatic N) is 1. The van der Waals surface area contributed by atoms with Crippen molar-refractivity contribution in [2.45, 2.75) is 26.3 Å². The van der Waals surface area contributed by atoms with Crippen LogP contribution in [0.1, 0.15) is 25.5 Å². The summed E-state index contributed by atoms with van der Waals surface area (Å²) in [6.45, 7) is 2.99. The monoisotopic (exact) mass is 211 g/mol. The number of amides is 1. The molecule has 0 aliphatic heterocycles. The van der Waals surface area contributed by atoms with Gasteiger partial charge in [0.2, 0.25) is 5.91 Å². The van der Waals surface area contributed by atoms with E-state index in [1.807, 2.05) is 6.92 Å². The molecule has 84 valence electrons. The Hall–Kier alpha value is -1.36. The van der Waals surface area contributed by atoms with E-state index >= 15 is 0 Å². The molecule has 0 aliphatic rings. The van der Waals surface area contributed by atoms with Gasteiger partial charge in [-0.2, -0.15) is 0 Å². The first kappa shape index (κ1) is 11.7. The van der Waals surface area contributed by atoms with Crippen molar-refractivity contribution in [3.8, 4) is 0 Å². The van der Waals surface area contributed by atoms with E-state index in [9.17, 15) is 4.79 Å². The van der Waals surface area contributed by atoms with Crippen molar-refractivity contribution in [1.82, 2.24) is 10.5 Å². The fourth-order valence-electron chi connectivity index (χ4n) is 1.25. The van der Waals surface area contributed by atoms with E-state index in [1.54, 1.807) is 6.07 Å². The zero-order valence-corrected chi connectivity index (χ0v) is 8.90. The summed E-state index contributed by atoms with van der Waals surface area (Å²) in [5.74, 6) is 0.276. The van der Waals surface area contributed by atoms with E-state index in [1.165, 1.54) is 6.26 Å². The third kappa shape index (κ3) is 4.12. The van der Waals surface area contributed by atoms with E-state index < -0.39 is 0 Å². The Kier molecular flexibility index (Phi) is 4.83. The molecule has 0 aliphatic carbocycles. The number of aromatic nitrogens is 1. The second-order valence-electron chi connectivity index (χ2n) is 3.48. The molecule has 0 saturated heterocycles. The molecule has 1 amide bonds. The van der Waals surface area contributed by atoms with Crippen LogP contribution in [0.15, 0.2) is 16.9 Å². The van der Waals surface area contributed by atoms with Crippen LogP contribution in [0.3, 0.4) is 0 Å². The summed E-state index contributed by atoms with van der Waals surface area (Å²) in [7, 11) is 0. The molecule has 0 bridgehead atoms. The molecule has 1 atom stereocenters. The molecule has 5 nitrogen and oxygen atoms in total. The Morgan fingerprint density at radius 2 is 2.53 bits per heavy atom. The van der Waals surface area contributed by atoms with Crippen LogP contribution in [0.25, 0.3) is 0 Å². The lowest BCUT2D eigenvalue weighted by molar-refractivity contribution is -0.122. The lowest BCUT2D eigenvalue weighted by Crippen LogP contribution is -2.27. The topological polar surface area (TPSA) is 81.2 Å². The molecular weight excluding hydrogens is 194 g/mol. The highest BCUT2D eigenvalue weighted by molar-refractivity contribution is 5.76. The number of nitrogens with two attached hydrogens (primary N) is 1. The van der Waals surface area contributed by atoms with Crippen molar-refractivity contribution >= 4 is 5.91 Å². The Labute approximate surface area is 89.0 Å². The first-order valence-electron chi connectivity index (χ1n) is 5.12. The van der Waals surface area contributed by atoms with Gasteiger partial charge in [-0.3, -0.25) is 4.79 Å². The summed E-state index contributed by atoms with van der Waals surface area (Å²) in [5.41, 5.74) is 6.24. The van der Waals surface area contributed by atoms with Gasteiger partial charge in [-0.1, -0.05) is 18.5 Å². The van der Waals surface area contributed by atoms with Gasteiger partial charge < -0.3 is 15.6 Å². The molecule has 1 rings (SSSR count). The highest BCUT2D eigenvalue weighted by Crippen LogP contribution is 2.05. The van der Waals surface area contributed by atoms with Gasteiger partial charge in [0, 0.05) is 12.5 Å². The summed E-state index contributed by atoms with van der Waals surface area (Å²) in [6.07, 6.45) is 2.88. The van der Waals surface area contributed by atoms with Crippen LogP contribution < -0.4 is 11.1 Å². The van der Waals surface area contributed by atoms with Crippen LogP contribution in [0.2, 0.25) is 0 Å². The standard InChI is InChI=1S/C10H17N3O2/c1-2-8(6-11)5-10(14)12-7-9-3-4-15-13-9/h3-4,8H,2,5-7,11H2,1H3,(H,12,14). The molecule has 1 aromatic rings. The zero-order valence-electron chi connectivity index (χ0n) is 8.90. The van der Waals surface area contributed by atoms with Gasteiger partial charge in [0.25, 0.3) is 0 Å². The van der Waals surface area contributed by atoms with Crippen molar-refractivity contribution in [3.05, 3.63) is 18.0 Å². The summed E-state index contributed by atoms with van der Waals surface area (Å²) in [4.78, 5) is 11.4. The molecule has 0 aromatic carbocycles. The number of carbonyl (C=O) groups is 1. The Bertz CT molecular complexity index is 281. The van der Waals surface area contributed by atoms with Crippen molar-refractivity contribution in [3.63, 3.8) is 0 Å². The lowest BCUT2D eigenvalue weighted by atomic mass is 10.0. The van der Waals surface area contributed by atoms with Gasteiger partial charge in [-0.05, 0) is 12.5 Å². The molecule has 0 fully saturated rings. The first-order valence-corrected chi connectivity index (χ1v) is 5.12. The lowest BCUT2D eigenvalue weighted by Gasteiger charge is -2.11. The van der Waals surface area contributed by atoms with Gasteiger partial charge >= 0.3 is 0 Å². The maximum atomic E-state index is 11.4. The van der Waals surface area contributed by atoms with Crippen molar-refractivity contribution in [1.29, 1.82) is 0 Å². The molecule has 0 radical (unpaired) electrons. The third-order valence-electron chi connectivity index (χ3n) is 2.34. The number of nitrogens with one attached hydrogen (secondary N) is 1. The Balaban J connectivity index is 2.24. The van der Waals surface area contributed by atoms with E-state index in [4.69, 9.17) is 5.73 Å². The largest absolute Gasteiger partial charge is 0.364 e. The molecule has 0 spiro atoms. The number of carbonyl (C=O) groups excluding carboxylic acids is 1. The van der Waals surface area contributed by atoms with E-state index in [-0.39, 0.29) is 11.8 Å².